The minimum absolute atomic E-state index is 0.755. The molecule has 1 heterocycles. The van der Waals surface area contributed by atoms with Gasteiger partial charge in [0.1, 0.15) is 0 Å². The second kappa shape index (κ2) is 13.4. The third-order valence-corrected chi connectivity index (χ3v) is 4.72. The lowest BCUT2D eigenvalue weighted by Gasteiger charge is -2.11. The van der Waals surface area contributed by atoms with Crippen molar-refractivity contribution in [2.45, 2.75) is 91.5 Å². The van der Waals surface area contributed by atoms with Gasteiger partial charge in [0.2, 0.25) is 0 Å². The van der Waals surface area contributed by atoms with Crippen molar-refractivity contribution in [2.24, 2.45) is 10.9 Å². The van der Waals surface area contributed by atoms with Gasteiger partial charge in [0.05, 0.1) is 5.36 Å². The summed E-state index contributed by atoms with van der Waals surface area (Å²) in [5, 5.41) is 1.14. The summed E-state index contributed by atoms with van der Waals surface area (Å²) in [6, 6.07) is 4.34. The van der Waals surface area contributed by atoms with E-state index in [1.165, 1.54) is 64.2 Å². The van der Waals surface area contributed by atoms with E-state index in [4.69, 9.17) is 4.99 Å². The quantitative estimate of drug-likeness (QED) is 0.399. The highest BCUT2D eigenvalue weighted by atomic mass is 14.9. The average Bonchev–Trinajstić information content (AvgIpc) is 2.59. The van der Waals surface area contributed by atoms with Gasteiger partial charge in [0, 0.05) is 25.5 Å². The van der Waals surface area contributed by atoms with Crippen molar-refractivity contribution in [3.05, 3.63) is 29.9 Å². The van der Waals surface area contributed by atoms with E-state index in [0.717, 1.165) is 24.4 Å². The predicted molar refractivity (Wildman–Crippen MR) is 102 cm³/mol. The summed E-state index contributed by atoms with van der Waals surface area (Å²) in [6.45, 7) is 8.95. The van der Waals surface area contributed by atoms with Gasteiger partial charge in [-0.1, -0.05) is 72.1 Å². The number of rotatable bonds is 13. The van der Waals surface area contributed by atoms with Crippen molar-refractivity contribution in [1.29, 1.82) is 0 Å². The lowest BCUT2D eigenvalue weighted by molar-refractivity contribution is 0.459. The van der Waals surface area contributed by atoms with Crippen LogP contribution >= 0.6 is 0 Å². The van der Waals surface area contributed by atoms with Crippen molar-refractivity contribution in [3.63, 3.8) is 0 Å². The molecular formula is C21H38N2. The van der Waals surface area contributed by atoms with Crippen molar-refractivity contribution in [2.75, 3.05) is 6.54 Å². The first-order valence-electron chi connectivity index (χ1n) is 9.96. The summed E-state index contributed by atoms with van der Waals surface area (Å²) in [5.41, 5.74) is 0. The molecule has 132 valence electrons. The molecule has 1 aromatic rings. The molecule has 1 unspecified atom stereocenters. The Morgan fingerprint density at radius 3 is 2.17 bits per heavy atom. The summed E-state index contributed by atoms with van der Waals surface area (Å²) in [4.78, 5) is 4.79. The number of hydrogen-bond donors (Lipinski definition) is 0. The van der Waals surface area contributed by atoms with Crippen LogP contribution in [0.5, 0.6) is 0 Å². The maximum Gasteiger partial charge on any atom is 0.0603 e. The number of aryl methyl sites for hydroxylation is 1. The second-order valence-electron chi connectivity index (χ2n) is 6.82. The third-order valence-electron chi connectivity index (χ3n) is 4.72. The van der Waals surface area contributed by atoms with Gasteiger partial charge in [0.15, 0.2) is 0 Å². The minimum atomic E-state index is 0.755. The highest BCUT2D eigenvalue weighted by Gasteiger charge is 2.03. The van der Waals surface area contributed by atoms with Crippen LogP contribution in [0.4, 0.5) is 0 Å². The second-order valence-corrected chi connectivity index (χ2v) is 6.82. The van der Waals surface area contributed by atoms with Crippen LogP contribution in [-0.2, 0) is 6.54 Å². The van der Waals surface area contributed by atoms with E-state index in [1.807, 2.05) is 0 Å². The van der Waals surface area contributed by atoms with E-state index >= 15 is 0 Å². The number of pyridine rings is 1. The molecule has 0 aliphatic carbocycles. The predicted octanol–water partition coefficient (Wildman–Crippen LogP) is 5.97. The van der Waals surface area contributed by atoms with Gasteiger partial charge in [-0.25, -0.2) is 0 Å². The summed E-state index contributed by atoms with van der Waals surface area (Å²) in [7, 11) is 0. The van der Waals surface area contributed by atoms with Gasteiger partial charge in [-0.2, -0.15) is 0 Å². The van der Waals surface area contributed by atoms with Gasteiger partial charge in [-0.05, 0) is 30.9 Å². The van der Waals surface area contributed by atoms with Gasteiger partial charge in [-0.3, -0.25) is 4.99 Å². The van der Waals surface area contributed by atoms with Gasteiger partial charge in [0.25, 0.3) is 0 Å². The Morgan fingerprint density at radius 2 is 1.52 bits per heavy atom. The molecule has 0 spiro atoms. The summed E-state index contributed by atoms with van der Waals surface area (Å²) >= 11 is 0. The van der Waals surface area contributed by atoms with Gasteiger partial charge < -0.3 is 4.57 Å². The number of unbranched alkanes of at least 4 members (excludes halogenated alkanes) is 6. The monoisotopic (exact) mass is 318 g/mol. The largest absolute Gasteiger partial charge is 0.354 e. The molecule has 0 bridgehead atoms. The Morgan fingerprint density at radius 1 is 0.870 bits per heavy atom. The molecule has 23 heavy (non-hydrogen) atoms. The smallest absolute Gasteiger partial charge is 0.0603 e. The Bertz CT molecular complexity index is 427. The van der Waals surface area contributed by atoms with E-state index in [0.29, 0.717) is 0 Å². The Labute approximate surface area is 144 Å². The van der Waals surface area contributed by atoms with Gasteiger partial charge in [-0.15, -0.1) is 0 Å². The van der Waals surface area contributed by atoms with Crippen molar-refractivity contribution >= 4 is 0 Å². The molecule has 0 fully saturated rings. The zero-order valence-electron chi connectivity index (χ0n) is 15.8. The first kappa shape index (κ1) is 20.0. The lowest BCUT2D eigenvalue weighted by Crippen LogP contribution is -2.10. The number of aromatic nitrogens is 1. The van der Waals surface area contributed by atoms with E-state index in [2.05, 4.69) is 49.9 Å². The molecule has 0 saturated heterocycles. The number of nitrogens with zero attached hydrogens (tertiary/aromatic N) is 2. The van der Waals surface area contributed by atoms with E-state index in [1.54, 1.807) is 0 Å². The zero-order valence-corrected chi connectivity index (χ0v) is 15.8. The Balaban J connectivity index is 2.32. The summed E-state index contributed by atoms with van der Waals surface area (Å²) < 4.78 is 2.30. The standard InChI is InChI=1S/C21H38N2/c1-4-7-9-10-11-12-16-23-17-14-21(15-18-23)22-19-20(6-3)13-8-5-2/h14-15,17-18,20H,4-13,16,19H2,1-3H3. The number of hydrogen-bond acceptors (Lipinski definition) is 1. The molecule has 0 N–H and O–H groups in total. The normalized spacial score (nSPS) is 12.3. The van der Waals surface area contributed by atoms with Gasteiger partial charge >= 0.3 is 0 Å². The topological polar surface area (TPSA) is 17.3 Å². The van der Waals surface area contributed by atoms with Crippen LogP contribution in [0, 0.1) is 5.92 Å². The van der Waals surface area contributed by atoms with E-state index in [9.17, 15) is 0 Å². The molecule has 0 saturated carbocycles. The molecule has 2 nitrogen and oxygen atoms in total. The van der Waals surface area contributed by atoms with Crippen LogP contribution in [0.2, 0.25) is 0 Å². The molecular weight excluding hydrogens is 280 g/mol. The zero-order chi connectivity index (χ0) is 16.8. The summed E-state index contributed by atoms with van der Waals surface area (Å²) in [6.07, 6.45) is 17.7. The van der Waals surface area contributed by atoms with Crippen molar-refractivity contribution < 1.29 is 0 Å². The van der Waals surface area contributed by atoms with Crippen LogP contribution in [0.1, 0.15) is 85.0 Å². The molecule has 1 atom stereocenters. The fourth-order valence-corrected chi connectivity index (χ4v) is 2.93. The molecule has 0 aliphatic rings. The van der Waals surface area contributed by atoms with Crippen LogP contribution in [0.25, 0.3) is 0 Å². The Kier molecular flexibility index (Phi) is 11.6. The van der Waals surface area contributed by atoms with E-state index in [-0.39, 0.29) is 0 Å². The average molecular weight is 319 g/mol. The molecule has 1 aromatic heterocycles. The molecule has 0 radical (unpaired) electrons. The van der Waals surface area contributed by atoms with Crippen LogP contribution in [0.3, 0.4) is 0 Å². The van der Waals surface area contributed by atoms with Crippen LogP contribution in [-0.4, -0.2) is 11.1 Å². The van der Waals surface area contributed by atoms with Crippen molar-refractivity contribution in [1.82, 2.24) is 4.57 Å². The van der Waals surface area contributed by atoms with Crippen LogP contribution < -0.4 is 5.36 Å². The highest BCUT2D eigenvalue weighted by Crippen LogP contribution is 2.12. The minimum Gasteiger partial charge on any atom is -0.354 e. The highest BCUT2D eigenvalue weighted by molar-refractivity contribution is 4.93. The Hall–Kier alpha value is -1.05. The molecule has 0 amide bonds. The first-order valence-corrected chi connectivity index (χ1v) is 9.96. The SMILES string of the molecule is CCCCCCCCn1ccc(=NCC(CC)CCCC)cc1. The third kappa shape index (κ3) is 9.63. The fourth-order valence-electron chi connectivity index (χ4n) is 2.93. The summed E-state index contributed by atoms with van der Waals surface area (Å²) in [5.74, 6) is 0.755. The van der Waals surface area contributed by atoms with E-state index < -0.39 is 0 Å². The van der Waals surface area contributed by atoms with Crippen LogP contribution in [0.15, 0.2) is 29.5 Å². The molecule has 0 aliphatic heterocycles. The van der Waals surface area contributed by atoms with Crippen molar-refractivity contribution in [3.8, 4) is 0 Å². The maximum absolute atomic E-state index is 4.79. The maximum atomic E-state index is 4.79. The molecule has 0 aromatic carbocycles. The molecule has 1 rings (SSSR count). The fraction of sp³-hybridized carbons (Fsp3) is 0.762. The first-order chi connectivity index (χ1) is 11.3. The molecule has 2 heteroatoms. The lowest BCUT2D eigenvalue weighted by atomic mass is 10.00.